The van der Waals surface area contributed by atoms with E-state index >= 15 is 0 Å². The highest BCUT2D eigenvalue weighted by molar-refractivity contribution is 4.98. The van der Waals surface area contributed by atoms with Crippen LogP contribution in [0.2, 0.25) is 0 Å². The first kappa shape index (κ1) is 13.1. The van der Waals surface area contributed by atoms with E-state index in [0.29, 0.717) is 12.6 Å². The van der Waals surface area contributed by atoms with Crippen molar-refractivity contribution in [1.82, 2.24) is 14.8 Å². The van der Waals surface area contributed by atoms with Crippen LogP contribution in [0.5, 0.6) is 0 Å². The Kier molecular flexibility index (Phi) is 4.89. The van der Waals surface area contributed by atoms with Crippen LogP contribution in [-0.2, 0) is 17.7 Å². The van der Waals surface area contributed by atoms with Crippen LogP contribution in [0.3, 0.4) is 0 Å². The van der Waals surface area contributed by atoms with Gasteiger partial charge in [0.05, 0.1) is 12.6 Å². The molecule has 1 aromatic heterocycles. The maximum atomic E-state index is 5.64. The monoisotopic (exact) mass is 226 g/mol. The standard InChI is InChI=1S/C11H22N4O/c1-8(2)15-10(6-5-9(3)16-4)13-14-11(15)7-12/h8-9H,5-7,12H2,1-4H3. The topological polar surface area (TPSA) is 66.0 Å². The maximum absolute atomic E-state index is 5.64. The molecule has 1 rings (SSSR count). The molecule has 5 nitrogen and oxygen atoms in total. The maximum Gasteiger partial charge on any atom is 0.147 e. The van der Waals surface area contributed by atoms with Gasteiger partial charge in [-0.3, -0.25) is 0 Å². The Hall–Kier alpha value is -0.940. The van der Waals surface area contributed by atoms with Gasteiger partial charge in [-0.15, -0.1) is 10.2 Å². The largest absolute Gasteiger partial charge is 0.382 e. The van der Waals surface area contributed by atoms with Gasteiger partial charge < -0.3 is 15.0 Å². The average molecular weight is 226 g/mol. The Morgan fingerprint density at radius 3 is 2.38 bits per heavy atom. The van der Waals surface area contributed by atoms with E-state index in [-0.39, 0.29) is 6.10 Å². The van der Waals surface area contributed by atoms with Crippen LogP contribution in [0.1, 0.15) is 44.9 Å². The first-order valence-corrected chi connectivity index (χ1v) is 5.75. The third kappa shape index (κ3) is 3.02. The molecule has 1 atom stereocenters. The van der Waals surface area contributed by atoms with Crippen molar-refractivity contribution in [1.29, 1.82) is 0 Å². The lowest BCUT2D eigenvalue weighted by Gasteiger charge is -2.14. The summed E-state index contributed by atoms with van der Waals surface area (Å²) in [4.78, 5) is 0. The van der Waals surface area contributed by atoms with Crippen LogP contribution in [0.4, 0.5) is 0 Å². The number of aryl methyl sites for hydroxylation is 1. The average Bonchev–Trinajstić information content (AvgIpc) is 2.68. The molecule has 0 spiro atoms. The SMILES string of the molecule is COC(C)CCc1nnc(CN)n1C(C)C. The van der Waals surface area contributed by atoms with Crippen molar-refractivity contribution in [3.8, 4) is 0 Å². The van der Waals surface area contributed by atoms with Crippen molar-refractivity contribution in [3.05, 3.63) is 11.6 Å². The van der Waals surface area contributed by atoms with E-state index in [9.17, 15) is 0 Å². The molecule has 2 N–H and O–H groups in total. The second-order valence-corrected chi connectivity index (χ2v) is 4.29. The van der Waals surface area contributed by atoms with Crippen molar-refractivity contribution in [2.24, 2.45) is 5.73 Å². The molecule has 0 saturated heterocycles. The Balaban J connectivity index is 2.75. The van der Waals surface area contributed by atoms with E-state index in [0.717, 1.165) is 24.5 Å². The van der Waals surface area contributed by atoms with E-state index in [2.05, 4.69) is 35.5 Å². The fraction of sp³-hybridized carbons (Fsp3) is 0.818. The highest BCUT2D eigenvalue weighted by atomic mass is 16.5. The zero-order valence-electron chi connectivity index (χ0n) is 10.6. The van der Waals surface area contributed by atoms with Crippen LogP contribution < -0.4 is 5.73 Å². The lowest BCUT2D eigenvalue weighted by Crippen LogP contribution is -2.15. The highest BCUT2D eigenvalue weighted by Gasteiger charge is 2.14. The summed E-state index contributed by atoms with van der Waals surface area (Å²) in [6, 6.07) is 0.349. The van der Waals surface area contributed by atoms with Gasteiger partial charge in [-0.25, -0.2) is 0 Å². The Morgan fingerprint density at radius 1 is 1.25 bits per heavy atom. The summed E-state index contributed by atoms with van der Waals surface area (Å²) in [6.45, 7) is 6.72. The lowest BCUT2D eigenvalue weighted by atomic mass is 10.2. The van der Waals surface area contributed by atoms with Crippen LogP contribution in [0, 0.1) is 0 Å². The number of ether oxygens (including phenoxy) is 1. The van der Waals surface area contributed by atoms with E-state index in [1.165, 1.54) is 0 Å². The van der Waals surface area contributed by atoms with Gasteiger partial charge in [-0.05, 0) is 27.2 Å². The van der Waals surface area contributed by atoms with E-state index < -0.39 is 0 Å². The molecule has 0 fully saturated rings. The summed E-state index contributed by atoms with van der Waals surface area (Å²) in [6.07, 6.45) is 2.07. The summed E-state index contributed by atoms with van der Waals surface area (Å²) in [5.41, 5.74) is 5.64. The molecule has 5 heteroatoms. The zero-order valence-corrected chi connectivity index (χ0v) is 10.6. The van der Waals surface area contributed by atoms with Crippen molar-refractivity contribution in [3.63, 3.8) is 0 Å². The Bertz CT molecular complexity index is 322. The van der Waals surface area contributed by atoms with E-state index in [4.69, 9.17) is 10.5 Å². The minimum Gasteiger partial charge on any atom is -0.382 e. The summed E-state index contributed by atoms with van der Waals surface area (Å²) in [7, 11) is 1.73. The second-order valence-electron chi connectivity index (χ2n) is 4.29. The lowest BCUT2D eigenvalue weighted by molar-refractivity contribution is 0.110. The predicted octanol–water partition coefficient (Wildman–Crippen LogP) is 1.29. The van der Waals surface area contributed by atoms with Gasteiger partial charge in [0, 0.05) is 19.6 Å². The van der Waals surface area contributed by atoms with Crippen molar-refractivity contribution in [2.75, 3.05) is 7.11 Å². The van der Waals surface area contributed by atoms with Crippen LogP contribution in [0.25, 0.3) is 0 Å². The summed E-state index contributed by atoms with van der Waals surface area (Å²) in [5, 5.41) is 8.30. The highest BCUT2D eigenvalue weighted by Crippen LogP contribution is 2.13. The van der Waals surface area contributed by atoms with E-state index in [1.54, 1.807) is 7.11 Å². The molecule has 1 aromatic rings. The van der Waals surface area contributed by atoms with Crippen LogP contribution in [0.15, 0.2) is 0 Å². The number of hydrogen-bond acceptors (Lipinski definition) is 4. The molecule has 0 aliphatic rings. The van der Waals surface area contributed by atoms with Crippen molar-refractivity contribution in [2.45, 2.75) is 52.3 Å². The van der Waals surface area contributed by atoms with Crippen molar-refractivity contribution < 1.29 is 4.74 Å². The quantitative estimate of drug-likeness (QED) is 0.793. The van der Waals surface area contributed by atoms with Gasteiger partial charge in [-0.1, -0.05) is 0 Å². The van der Waals surface area contributed by atoms with Crippen LogP contribution >= 0.6 is 0 Å². The summed E-state index contributed by atoms with van der Waals surface area (Å²) >= 11 is 0. The molecule has 1 unspecified atom stereocenters. The zero-order chi connectivity index (χ0) is 12.1. The summed E-state index contributed by atoms with van der Waals surface area (Å²) < 4.78 is 7.34. The fourth-order valence-electron chi connectivity index (χ4n) is 1.72. The molecule has 0 bridgehead atoms. The first-order valence-electron chi connectivity index (χ1n) is 5.75. The number of nitrogens with two attached hydrogens (primary N) is 1. The number of nitrogens with zero attached hydrogens (tertiary/aromatic N) is 3. The molecular weight excluding hydrogens is 204 g/mol. The molecular formula is C11H22N4O. The first-order chi connectivity index (χ1) is 7.60. The van der Waals surface area contributed by atoms with Gasteiger partial charge in [0.1, 0.15) is 11.6 Å². The molecule has 0 aliphatic heterocycles. The minimum absolute atomic E-state index is 0.249. The second kappa shape index (κ2) is 5.96. The number of rotatable bonds is 6. The number of aromatic nitrogens is 3. The molecule has 1 heterocycles. The van der Waals surface area contributed by atoms with Gasteiger partial charge in [-0.2, -0.15) is 0 Å². The van der Waals surface area contributed by atoms with Gasteiger partial charge in [0.25, 0.3) is 0 Å². The van der Waals surface area contributed by atoms with Gasteiger partial charge in [0.2, 0.25) is 0 Å². The minimum atomic E-state index is 0.249. The number of methoxy groups -OCH3 is 1. The third-order valence-corrected chi connectivity index (χ3v) is 2.71. The van der Waals surface area contributed by atoms with Gasteiger partial charge in [0.15, 0.2) is 0 Å². The molecule has 16 heavy (non-hydrogen) atoms. The Morgan fingerprint density at radius 2 is 1.88 bits per heavy atom. The van der Waals surface area contributed by atoms with Crippen molar-refractivity contribution >= 4 is 0 Å². The third-order valence-electron chi connectivity index (χ3n) is 2.71. The number of hydrogen-bond donors (Lipinski definition) is 1. The molecule has 0 amide bonds. The van der Waals surface area contributed by atoms with Gasteiger partial charge >= 0.3 is 0 Å². The molecule has 92 valence electrons. The van der Waals surface area contributed by atoms with Crippen LogP contribution in [-0.4, -0.2) is 28.0 Å². The predicted molar refractivity (Wildman–Crippen MR) is 63.1 cm³/mol. The summed E-state index contributed by atoms with van der Waals surface area (Å²) in [5.74, 6) is 1.86. The normalized spacial score (nSPS) is 13.4. The van der Waals surface area contributed by atoms with E-state index in [1.807, 2.05) is 0 Å². The Labute approximate surface area is 97.0 Å². The molecule has 0 radical (unpaired) electrons. The molecule has 0 aliphatic carbocycles. The molecule has 0 saturated carbocycles. The fourth-order valence-corrected chi connectivity index (χ4v) is 1.72. The molecule has 0 aromatic carbocycles. The smallest absolute Gasteiger partial charge is 0.147 e.